The predicted molar refractivity (Wildman–Crippen MR) is 143 cm³/mol. The quantitative estimate of drug-likeness (QED) is 0.405. The number of amides is 1. The van der Waals surface area contributed by atoms with E-state index in [1.807, 2.05) is 49.3 Å². The number of carbonyl (C=O) groups excluding carboxylic acids is 1. The fourth-order valence-electron chi connectivity index (χ4n) is 5.23. The Bertz CT molecular complexity index is 1270. The van der Waals surface area contributed by atoms with Crippen LogP contribution < -0.4 is 0 Å². The molecule has 2 aromatic heterocycles. The molecule has 36 heavy (non-hydrogen) atoms. The monoisotopic (exact) mass is 482 g/mol. The first kappa shape index (κ1) is 24.2. The van der Waals surface area contributed by atoms with E-state index in [0.717, 1.165) is 54.9 Å². The van der Waals surface area contributed by atoms with Crippen LogP contribution in [-0.4, -0.2) is 74.8 Å². The van der Waals surface area contributed by atoms with Gasteiger partial charge in [-0.15, -0.1) is 0 Å². The molecule has 1 aliphatic rings. The molecule has 0 saturated carbocycles. The molecule has 0 radical (unpaired) electrons. The minimum absolute atomic E-state index is 0.0653. The third-order valence-electron chi connectivity index (χ3n) is 7.20. The Hall–Kier alpha value is -3.55. The van der Waals surface area contributed by atoms with Crippen molar-refractivity contribution >= 4 is 16.8 Å². The van der Waals surface area contributed by atoms with Gasteiger partial charge in [0.15, 0.2) is 0 Å². The van der Waals surface area contributed by atoms with Crippen LogP contribution in [0, 0.1) is 0 Å². The van der Waals surface area contributed by atoms with Crippen molar-refractivity contribution in [3.05, 3.63) is 95.7 Å². The number of H-pyrrole nitrogens is 1. The molecule has 0 bridgehead atoms. The lowest BCUT2D eigenvalue weighted by atomic mass is 9.93. The number of aromatic amines is 1. The topological polar surface area (TPSA) is 68.4 Å². The van der Waals surface area contributed by atoms with E-state index in [4.69, 9.17) is 4.98 Å². The van der Waals surface area contributed by atoms with Gasteiger partial charge in [0.2, 0.25) is 0 Å². The first-order valence-corrected chi connectivity index (χ1v) is 12.8. The molecule has 5 rings (SSSR count). The van der Waals surface area contributed by atoms with Gasteiger partial charge >= 0.3 is 0 Å². The molecule has 0 spiro atoms. The maximum atomic E-state index is 12.9. The number of aromatic nitrogens is 3. The summed E-state index contributed by atoms with van der Waals surface area (Å²) < 4.78 is 0. The Morgan fingerprint density at radius 1 is 1.00 bits per heavy atom. The van der Waals surface area contributed by atoms with Gasteiger partial charge < -0.3 is 9.88 Å². The highest BCUT2D eigenvalue weighted by atomic mass is 16.2. The summed E-state index contributed by atoms with van der Waals surface area (Å²) in [7, 11) is 0. The number of fused-ring (bicyclic) bond motifs is 1. The maximum Gasteiger partial charge on any atom is 0.253 e. The molecular formula is C29H34N6O. The number of imidazole rings is 1. The number of pyridine rings is 1. The third kappa shape index (κ3) is 5.03. The number of hydrogen-bond donors (Lipinski definition) is 1. The smallest absolute Gasteiger partial charge is 0.253 e. The minimum atomic E-state index is 0.0653. The largest absolute Gasteiger partial charge is 0.347 e. The standard InChI is InChI=1S/C29H34N6O/c1-3-34(4-2)29(36)24-12-10-23(11-13-24)28(26-9-5-7-22-8-6-14-31-27(22)26)35-17-15-33(16-18-35)20-25-19-30-21-32-25/h5-14,19,21,28H,3-4,15-18,20H2,1-2H3,(H,30,32). The van der Waals surface area contributed by atoms with Crippen molar-refractivity contribution in [3.8, 4) is 0 Å². The van der Waals surface area contributed by atoms with Crippen molar-refractivity contribution in [1.82, 2.24) is 29.7 Å². The molecule has 1 unspecified atom stereocenters. The second-order valence-electron chi connectivity index (χ2n) is 9.31. The summed E-state index contributed by atoms with van der Waals surface area (Å²) in [5.41, 5.74) is 5.31. The normalized spacial score (nSPS) is 15.7. The molecule has 186 valence electrons. The van der Waals surface area contributed by atoms with Crippen molar-refractivity contribution in [2.24, 2.45) is 0 Å². The number of piperazine rings is 1. The molecular weight excluding hydrogens is 448 g/mol. The molecule has 1 amide bonds. The average Bonchev–Trinajstić information content (AvgIpc) is 3.44. The van der Waals surface area contributed by atoms with E-state index < -0.39 is 0 Å². The van der Waals surface area contributed by atoms with Crippen LogP contribution >= 0.6 is 0 Å². The van der Waals surface area contributed by atoms with Crippen LogP contribution in [0.5, 0.6) is 0 Å². The van der Waals surface area contributed by atoms with Gasteiger partial charge in [0.05, 0.1) is 17.9 Å². The average molecular weight is 483 g/mol. The number of benzene rings is 2. The zero-order valence-electron chi connectivity index (χ0n) is 21.1. The highest BCUT2D eigenvalue weighted by Crippen LogP contribution is 2.34. The van der Waals surface area contributed by atoms with Gasteiger partial charge in [-0.3, -0.25) is 19.6 Å². The van der Waals surface area contributed by atoms with E-state index in [9.17, 15) is 4.79 Å². The number of nitrogens with one attached hydrogen (secondary N) is 1. The van der Waals surface area contributed by atoms with E-state index in [-0.39, 0.29) is 11.9 Å². The number of nitrogens with zero attached hydrogens (tertiary/aromatic N) is 5. The lowest BCUT2D eigenvalue weighted by Gasteiger charge is -2.40. The zero-order chi connectivity index (χ0) is 24.9. The van der Waals surface area contributed by atoms with Crippen LogP contribution in [0.2, 0.25) is 0 Å². The van der Waals surface area contributed by atoms with E-state index in [0.29, 0.717) is 13.1 Å². The Labute approximate surface area is 212 Å². The predicted octanol–water partition coefficient (Wildman–Crippen LogP) is 4.35. The van der Waals surface area contributed by atoms with Gasteiger partial charge in [-0.05, 0) is 37.6 Å². The van der Waals surface area contributed by atoms with Crippen molar-refractivity contribution < 1.29 is 4.79 Å². The zero-order valence-corrected chi connectivity index (χ0v) is 21.1. The molecule has 1 atom stereocenters. The Balaban J connectivity index is 1.45. The van der Waals surface area contributed by atoms with E-state index >= 15 is 0 Å². The van der Waals surface area contributed by atoms with Gasteiger partial charge in [0.1, 0.15) is 0 Å². The lowest BCUT2D eigenvalue weighted by Crippen LogP contribution is -2.47. The first-order valence-electron chi connectivity index (χ1n) is 12.8. The molecule has 1 aliphatic heterocycles. The van der Waals surface area contributed by atoms with Crippen LogP contribution in [0.15, 0.2) is 73.3 Å². The number of para-hydroxylation sites is 1. The van der Waals surface area contributed by atoms with Crippen molar-refractivity contribution in [3.63, 3.8) is 0 Å². The molecule has 1 N–H and O–H groups in total. The van der Waals surface area contributed by atoms with Crippen molar-refractivity contribution in [2.75, 3.05) is 39.3 Å². The molecule has 3 heterocycles. The summed E-state index contributed by atoms with van der Waals surface area (Å²) in [6.45, 7) is 10.2. The van der Waals surface area contributed by atoms with Gasteiger partial charge in [-0.1, -0.05) is 36.4 Å². The summed E-state index contributed by atoms with van der Waals surface area (Å²) in [6.07, 6.45) is 5.51. The molecule has 1 fully saturated rings. The van der Waals surface area contributed by atoms with Crippen molar-refractivity contribution in [2.45, 2.75) is 26.4 Å². The van der Waals surface area contributed by atoms with Crippen LogP contribution in [0.3, 0.4) is 0 Å². The van der Waals surface area contributed by atoms with E-state index in [1.165, 1.54) is 11.1 Å². The molecule has 2 aromatic carbocycles. The molecule has 1 saturated heterocycles. The van der Waals surface area contributed by atoms with Crippen LogP contribution in [0.25, 0.3) is 10.9 Å². The van der Waals surface area contributed by atoms with E-state index in [1.54, 1.807) is 6.33 Å². The first-order chi connectivity index (χ1) is 17.7. The summed E-state index contributed by atoms with van der Waals surface area (Å²) in [6, 6.07) is 18.8. The summed E-state index contributed by atoms with van der Waals surface area (Å²) >= 11 is 0. The van der Waals surface area contributed by atoms with Crippen molar-refractivity contribution in [1.29, 1.82) is 0 Å². The minimum Gasteiger partial charge on any atom is -0.347 e. The second kappa shape index (κ2) is 11.0. The fourth-order valence-corrected chi connectivity index (χ4v) is 5.23. The molecule has 7 heteroatoms. The highest BCUT2D eigenvalue weighted by Gasteiger charge is 2.28. The number of carbonyl (C=O) groups is 1. The Kier molecular flexibility index (Phi) is 7.39. The SMILES string of the molecule is CCN(CC)C(=O)c1ccc(C(c2cccc3cccnc23)N2CCN(Cc3cnc[nH]3)CC2)cc1. The Morgan fingerprint density at radius 3 is 2.44 bits per heavy atom. The molecule has 0 aliphatic carbocycles. The third-order valence-corrected chi connectivity index (χ3v) is 7.20. The highest BCUT2D eigenvalue weighted by molar-refractivity contribution is 5.94. The summed E-state index contributed by atoms with van der Waals surface area (Å²) in [5.74, 6) is 0.0855. The Morgan fingerprint density at radius 2 is 1.75 bits per heavy atom. The van der Waals surface area contributed by atoms with Gasteiger partial charge in [-0.25, -0.2) is 4.98 Å². The van der Waals surface area contributed by atoms with Crippen LogP contribution in [0.4, 0.5) is 0 Å². The number of rotatable bonds is 8. The van der Waals surface area contributed by atoms with E-state index in [2.05, 4.69) is 56.2 Å². The lowest BCUT2D eigenvalue weighted by molar-refractivity contribution is 0.0773. The summed E-state index contributed by atoms with van der Waals surface area (Å²) in [4.78, 5) is 31.9. The van der Waals surface area contributed by atoms with Crippen LogP contribution in [0.1, 0.15) is 47.1 Å². The summed E-state index contributed by atoms with van der Waals surface area (Å²) in [5, 5.41) is 1.14. The molecule has 4 aromatic rings. The molecule has 7 nitrogen and oxygen atoms in total. The van der Waals surface area contributed by atoms with Gasteiger partial charge in [0, 0.05) is 80.4 Å². The second-order valence-corrected chi connectivity index (χ2v) is 9.31. The number of hydrogen-bond acceptors (Lipinski definition) is 5. The fraction of sp³-hybridized carbons (Fsp3) is 0.345. The van der Waals surface area contributed by atoms with Gasteiger partial charge in [-0.2, -0.15) is 0 Å². The van der Waals surface area contributed by atoms with Crippen LogP contribution in [-0.2, 0) is 6.54 Å². The maximum absolute atomic E-state index is 12.9. The van der Waals surface area contributed by atoms with Gasteiger partial charge in [0.25, 0.3) is 5.91 Å².